The summed E-state index contributed by atoms with van der Waals surface area (Å²) in [5.74, 6) is 0. The molecule has 0 atom stereocenters. The van der Waals surface area contributed by atoms with Gasteiger partial charge in [-0.25, -0.2) is 0 Å². The molecule has 0 heterocycles. The second kappa shape index (κ2) is 13.1. The second-order valence-electron chi connectivity index (χ2n) is 12.2. The first-order chi connectivity index (χ1) is 18.7. The van der Waals surface area contributed by atoms with Crippen LogP contribution >= 0.6 is 0 Å². The van der Waals surface area contributed by atoms with Gasteiger partial charge in [-0.2, -0.15) is 0 Å². The first-order valence-corrected chi connectivity index (χ1v) is 20.9. The van der Waals surface area contributed by atoms with Crippen LogP contribution in [0.4, 0.5) is 0 Å². The summed E-state index contributed by atoms with van der Waals surface area (Å²) >= 11 is 0. The smallest absolute Gasteiger partial charge is 0.177 e. The van der Waals surface area contributed by atoms with Gasteiger partial charge in [0.1, 0.15) is 0 Å². The van der Waals surface area contributed by atoms with Crippen molar-refractivity contribution in [2.45, 2.75) is 77.8 Å². The standard InChI is InChI=1S/C36H46OSi2/c1-7-29-17-21-31(22-18-29)25-33-13-9-11-15-35(33)27-38(3,4)37-39(5,6)28-36-16-12-10-14-34(36)26-32-23-19-30(8-2)20-24-32/h9-24H,7-8,25-28H2,1-6H3. The van der Waals surface area contributed by atoms with Crippen LogP contribution < -0.4 is 0 Å². The fourth-order valence-corrected chi connectivity index (χ4v) is 14.9. The molecule has 0 radical (unpaired) electrons. The third-order valence-electron chi connectivity index (χ3n) is 7.67. The second-order valence-corrected chi connectivity index (χ2v) is 20.8. The molecular weight excluding hydrogens is 505 g/mol. The molecule has 0 bridgehead atoms. The Morgan fingerprint density at radius 1 is 0.436 bits per heavy atom. The zero-order valence-corrected chi connectivity index (χ0v) is 26.9. The zero-order chi connectivity index (χ0) is 27.9. The van der Waals surface area contributed by atoms with Crippen LogP contribution in [-0.2, 0) is 41.9 Å². The molecule has 0 amide bonds. The van der Waals surface area contributed by atoms with E-state index in [2.05, 4.69) is 137 Å². The Hall–Kier alpha value is -2.73. The molecule has 0 spiro atoms. The van der Waals surface area contributed by atoms with Crippen LogP contribution in [0.15, 0.2) is 97.1 Å². The van der Waals surface area contributed by atoms with Crippen molar-refractivity contribution < 1.29 is 4.12 Å². The van der Waals surface area contributed by atoms with E-state index in [1.165, 1.54) is 44.5 Å². The molecule has 0 fully saturated rings. The van der Waals surface area contributed by atoms with Gasteiger partial charge in [-0.15, -0.1) is 0 Å². The molecule has 0 aliphatic carbocycles. The van der Waals surface area contributed by atoms with Crippen LogP contribution in [0.2, 0.25) is 26.2 Å². The summed E-state index contributed by atoms with van der Waals surface area (Å²) in [6.45, 7) is 14.1. The van der Waals surface area contributed by atoms with E-state index < -0.39 is 16.6 Å². The molecule has 0 aliphatic rings. The predicted molar refractivity (Wildman–Crippen MR) is 174 cm³/mol. The lowest BCUT2D eigenvalue weighted by molar-refractivity contribution is 0.537. The van der Waals surface area contributed by atoms with Gasteiger partial charge in [0, 0.05) is 0 Å². The minimum absolute atomic E-state index is 0.984. The molecule has 0 saturated carbocycles. The molecule has 1 nitrogen and oxygen atoms in total. The molecular formula is C36H46OSi2. The molecule has 4 aromatic carbocycles. The summed E-state index contributed by atoms with van der Waals surface area (Å²) < 4.78 is 7.18. The first-order valence-electron chi connectivity index (χ1n) is 14.7. The van der Waals surface area contributed by atoms with E-state index in [0.717, 1.165) is 37.8 Å². The van der Waals surface area contributed by atoms with Crippen LogP contribution in [0.3, 0.4) is 0 Å². The quantitative estimate of drug-likeness (QED) is 0.160. The lowest BCUT2D eigenvalue weighted by Crippen LogP contribution is -2.48. The Balaban J connectivity index is 1.45. The Morgan fingerprint density at radius 3 is 1.08 bits per heavy atom. The molecule has 4 rings (SSSR count). The lowest BCUT2D eigenvalue weighted by atomic mass is 9.99. The van der Waals surface area contributed by atoms with Crippen molar-refractivity contribution in [2.75, 3.05) is 0 Å². The molecule has 39 heavy (non-hydrogen) atoms. The molecule has 0 aromatic heterocycles. The Morgan fingerprint density at radius 2 is 0.744 bits per heavy atom. The van der Waals surface area contributed by atoms with Crippen molar-refractivity contribution in [3.05, 3.63) is 142 Å². The maximum absolute atomic E-state index is 7.18. The molecule has 3 heteroatoms. The highest BCUT2D eigenvalue weighted by Gasteiger charge is 2.34. The minimum Gasteiger partial charge on any atom is -0.455 e. The van der Waals surface area contributed by atoms with Gasteiger partial charge in [-0.05, 0) is 108 Å². The number of hydrogen-bond donors (Lipinski definition) is 0. The van der Waals surface area contributed by atoms with Crippen LogP contribution in [-0.4, -0.2) is 16.6 Å². The topological polar surface area (TPSA) is 9.23 Å². The molecule has 0 aliphatic heterocycles. The number of aryl methyl sites for hydroxylation is 2. The van der Waals surface area contributed by atoms with Crippen LogP contribution in [0.25, 0.3) is 0 Å². The van der Waals surface area contributed by atoms with Gasteiger partial charge < -0.3 is 4.12 Å². The van der Waals surface area contributed by atoms with Crippen LogP contribution in [0, 0.1) is 0 Å². The van der Waals surface area contributed by atoms with E-state index >= 15 is 0 Å². The summed E-state index contributed by atoms with van der Waals surface area (Å²) in [5, 5.41) is 0. The SMILES string of the molecule is CCc1ccc(Cc2ccccc2C[Si](C)(C)O[Si](C)(C)Cc2ccccc2Cc2ccc(CC)cc2)cc1. The van der Waals surface area contributed by atoms with Gasteiger partial charge in [0.05, 0.1) is 0 Å². The van der Waals surface area contributed by atoms with E-state index in [-0.39, 0.29) is 0 Å². The molecule has 0 saturated heterocycles. The van der Waals surface area contributed by atoms with E-state index in [1.807, 2.05) is 0 Å². The number of benzene rings is 4. The van der Waals surface area contributed by atoms with Gasteiger partial charge in [0.25, 0.3) is 0 Å². The van der Waals surface area contributed by atoms with Gasteiger partial charge in [-0.3, -0.25) is 0 Å². The monoisotopic (exact) mass is 550 g/mol. The molecule has 4 aromatic rings. The number of hydrogen-bond acceptors (Lipinski definition) is 1. The fourth-order valence-electron chi connectivity index (χ4n) is 5.77. The average Bonchev–Trinajstić information content (AvgIpc) is 2.91. The van der Waals surface area contributed by atoms with E-state index in [1.54, 1.807) is 0 Å². The normalized spacial score (nSPS) is 12.1. The van der Waals surface area contributed by atoms with Crippen molar-refractivity contribution in [3.63, 3.8) is 0 Å². The maximum atomic E-state index is 7.18. The molecule has 0 unspecified atom stereocenters. The van der Waals surface area contributed by atoms with Crippen LogP contribution in [0.5, 0.6) is 0 Å². The van der Waals surface area contributed by atoms with E-state index in [4.69, 9.17) is 4.12 Å². The highest BCUT2D eigenvalue weighted by Crippen LogP contribution is 2.26. The summed E-state index contributed by atoms with van der Waals surface area (Å²) in [6.07, 6.45) is 4.14. The molecule has 204 valence electrons. The van der Waals surface area contributed by atoms with Crippen molar-refractivity contribution in [2.24, 2.45) is 0 Å². The number of rotatable bonds is 12. The maximum Gasteiger partial charge on any atom is 0.177 e. The Bertz CT molecular complexity index is 1230. The summed E-state index contributed by atoms with van der Waals surface area (Å²) in [4.78, 5) is 0. The highest BCUT2D eigenvalue weighted by atomic mass is 28.4. The third-order valence-corrected chi connectivity index (χ3v) is 14.6. The predicted octanol–water partition coefficient (Wildman–Crippen LogP) is 9.28. The molecule has 0 N–H and O–H groups in total. The average molecular weight is 551 g/mol. The van der Waals surface area contributed by atoms with Crippen molar-refractivity contribution in [3.8, 4) is 0 Å². The first kappa shape index (κ1) is 29.3. The lowest BCUT2D eigenvalue weighted by Gasteiger charge is -2.35. The summed E-state index contributed by atoms with van der Waals surface area (Å²) in [6, 6.07) is 38.3. The summed E-state index contributed by atoms with van der Waals surface area (Å²) in [7, 11) is -3.87. The van der Waals surface area contributed by atoms with E-state index in [9.17, 15) is 0 Å². The van der Waals surface area contributed by atoms with Crippen molar-refractivity contribution >= 4 is 16.6 Å². The Kier molecular flexibility index (Phi) is 9.82. The van der Waals surface area contributed by atoms with Gasteiger partial charge in [0.15, 0.2) is 16.6 Å². The summed E-state index contributed by atoms with van der Waals surface area (Å²) in [5.41, 5.74) is 11.3. The Labute approximate surface area is 239 Å². The van der Waals surface area contributed by atoms with Crippen molar-refractivity contribution in [1.29, 1.82) is 0 Å². The minimum atomic E-state index is -1.94. The van der Waals surface area contributed by atoms with Gasteiger partial charge >= 0.3 is 0 Å². The highest BCUT2D eigenvalue weighted by molar-refractivity contribution is 6.84. The largest absolute Gasteiger partial charge is 0.455 e. The zero-order valence-electron chi connectivity index (χ0n) is 24.9. The van der Waals surface area contributed by atoms with Gasteiger partial charge in [0.2, 0.25) is 0 Å². The van der Waals surface area contributed by atoms with Crippen LogP contribution in [0.1, 0.15) is 58.4 Å². The third kappa shape index (κ3) is 8.63. The fraction of sp³-hybridized carbons (Fsp3) is 0.333. The van der Waals surface area contributed by atoms with E-state index in [0.29, 0.717) is 0 Å². The van der Waals surface area contributed by atoms with Gasteiger partial charge in [-0.1, -0.05) is 111 Å². The van der Waals surface area contributed by atoms with Crippen molar-refractivity contribution in [1.82, 2.24) is 0 Å².